The normalized spacial score (nSPS) is 10.7. The predicted molar refractivity (Wildman–Crippen MR) is 76.5 cm³/mol. The number of anilines is 1. The van der Waals surface area contributed by atoms with Gasteiger partial charge in [-0.2, -0.15) is 0 Å². The van der Waals surface area contributed by atoms with E-state index < -0.39 is 0 Å². The number of thiophene rings is 1. The first kappa shape index (κ1) is 11.0. The molecule has 2 heterocycles. The van der Waals surface area contributed by atoms with Crippen LogP contribution in [0, 0.1) is 6.92 Å². The summed E-state index contributed by atoms with van der Waals surface area (Å²) in [6.45, 7) is 2.04. The average molecular weight is 255 g/mol. The quantitative estimate of drug-likeness (QED) is 0.686. The van der Waals surface area contributed by atoms with E-state index in [0.717, 1.165) is 28.5 Å². The fourth-order valence-corrected chi connectivity index (χ4v) is 2.66. The molecule has 0 atom stereocenters. The van der Waals surface area contributed by atoms with Gasteiger partial charge in [0.05, 0.1) is 4.88 Å². The summed E-state index contributed by atoms with van der Waals surface area (Å²) in [5, 5.41) is 2.06. The van der Waals surface area contributed by atoms with Crippen LogP contribution in [0.5, 0.6) is 0 Å². The molecule has 0 radical (unpaired) electrons. The van der Waals surface area contributed by atoms with E-state index in [-0.39, 0.29) is 0 Å². The fourth-order valence-electron chi connectivity index (χ4n) is 1.89. The van der Waals surface area contributed by atoms with Crippen LogP contribution in [-0.4, -0.2) is 9.97 Å². The van der Waals surface area contributed by atoms with Crippen molar-refractivity contribution in [2.24, 2.45) is 0 Å². The van der Waals surface area contributed by atoms with Crippen molar-refractivity contribution in [1.82, 2.24) is 9.97 Å². The molecule has 4 heteroatoms. The van der Waals surface area contributed by atoms with Crippen molar-refractivity contribution in [1.29, 1.82) is 0 Å². The number of aromatic nitrogens is 2. The maximum Gasteiger partial charge on any atom is 0.138 e. The molecule has 0 aliphatic heterocycles. The number of benzene rings is 1. The molecule has 0 fully saturated rings. The summed E-state index contributed by atoms with van der Waals surface area (Å²) in [5.74, 6) is 0.885. The van der Waals surface area contributed by atoms with Crippen molar-refractivity contribution in [3.8, 4) is 22.0 Å². The summed E-state index contributed by atoms with van der Waals surface area (Å²) in [5.41, 5.74) is 9.62. The van der Waals surface area contributed by atoms with Crippen molar-refractivity contribution in [2.45, 2.75) is 6.92 Å². The Labute approximate surface area is 109 Å². The highest BCUT2D eigenvalue weighted by molar-refractivity contribution is 7.13. The topological polar surface area (TPSA) is 54.7 Å². The summed E-state index contributed by atoms with van der Waals surface area (Å²) in [6.07, 6.45) is 0. The minimum absolute atomic E-state index is 0.764. The van der Waals surface area contributed by atoms with Gasteiger partial charge in [-0.05, 0) is 42.6 Å². The zero-order chi connectivity index (χ0) is 12.5. The lowest BCUT2D eigenvalue weighted by Gasteiger charge is -1.96. The Balaban J connectivity index is 2.05. The molecule has 18 heavy (non-hydrogen) atoms. The SMILES string of the molecule is Cc1[nH]c(-c2ccc(N)cc2)nc1-c1cccs1. The van der Waals surface area contributed by atoms with Crippen molar-refractivity contribution in [3.63, 3.8) is 0 Å². The lowest BCUT2D eigenvalue weighted by atomic mass is 10.2. The van der Waals surface area contributed by atoms with Crippen molar-refractivity contribution >= 4 is 17.0 Å². The summed E-state index contributed by atoms with van der Waals surface area (Å²) in [6, 6.07) is 11.9. The molecule has 0 saturated heterocycles. The van der Waals surface area contributed by atoms with E-state index in [2.05, 4.69) is 21.4 Å². The van der Waals surface area contributed by atoms with Gasteiger partial charge < -0.3 is 10.7 Å². The van der Waals surface area contributed by atoms with Crippen molar-refractivity contribution in [3.05, 3.63) is 47.5 Å². The molecule has 0 saturated carbocycles. The standard InChI is InChI=1S/C14H13N3S/c1-9-13(12-3-2-8-18-12)17-14(16-9)10-4-6-11(15)7-5-10/h2-8H,15H2,1H3,(H,16,17). The van der Waals surface area contributed by atoms with Crippen molar-refractivity contribution < 1.29 is 0 Å². The van der Waals surface area contributed by atoms with Crippen LogP contribution in [0.4, 0.5) is 5.69 Å². The maximum absolute atomic E-state index is 5.69. The Hall–Kier alpha value is -2.07. The number of hydrogen-bond donors (Lipinski definition) is 2. The second-order valence-electron chi connectivity index (χ2n) is 4.16. The van der Waals surface area contributed by atoms with Crippen molar-refractivity contribution in [2.75, 3.05) is 5.73 Å². The second kappa shape index (κ2) is 4.31. The monoisotopic (exact) mass is 255 g/mol. The number of nitrogens with one attached hydrogen (secondary N) is 1. The third kappa shape index (κ3) is 1.91. The number of nitrogens with zero attached hydrogens (tertiary/aromatic N) is 1. The van der Waals surface area contributed by atoms with E-state index in [1.807, 2.05) is 37.3 Å². The molecule has 0 unspecified atom stereocenters. The summed E-state index contributed by atoms with van der Waals surface area (Å²) in [7, 11) is 0. The number of nitrogens with two attached hydrogens (primary N) is 1. The molecule has 3 aromatic rings. The molecule has 2 aromatic heterocycles. The van der Waals surface area contributed by atoms with Crippen LogP contribution in [0.2, 0.25) is 0 Å². The molecule has 90 valence electrons. The maximum atomic E-state index is 5.69. The van der Waals surface area contributed by atoms with E-state index in [9.17, 15) is 0 Å². The molecule has 1 aromatic carbocycles. The van der Waals surface area contributed by atoms with Crippen LogP contribution in [0.25, 0.3) is 22.0 Å². The summed E-state index contributed by atoms with van der Waals surface area (Å²) in [4.78, 5) is 9.18. The van der Waals surface area contributed by atoms with E-state index >= 15 is 0 Å². The van der Waals surface area contributed by atoms with E-state index in [4.69, 9.17) is 5.73 Å². The van der Waals surface area contributed by atoms with Crippen LogP contribution in [-0.2, 0) is 0 Å². The van der Waals surface area contributed by atoms with Crippen LogP contribution in [0.3, 0.4) is 0 Å². The number of imidazole rings is 1. The number of aryl methyl sites for hydroxylation is 1. The molecular weight excluding hydrogens is 242 g/mol. The van der Waals surface area contributed by atoms with Gasteiger partial charge in [-0.3, -0.25) is 0 Å². The van der Waals surface area contributed by atoms with Gasteiger partial charge >= 0.3 is 0 Å². The molecule has 0 spiro atoms. The molecule has 0 amide bonds. The van der Waals surface area contributed by atoms with Crippen LogP contribution < -0.4 is 5.73 Å². The van der Waals surface area contributed by atoms with Crippen LogP contribution in [0.1, 0.15) is 5.69 Å². The van der Waals surface area contributed by atoms with Gasteiger partial charge in [0.2, 0.25) is 0 Å². The highest BCUT2D eigenvalue weighted by atomic mass is 32.1. The van der Waals surface area contributed by atoms with Gasteiger partial charge in [0.1, 0.15) is 11.5 Å². The zero-order valence-electron chi connectivity index (χ0n) is 9.97. The zero-order valence-corrected chi connectivity index (χ0v) is 10.8. The Bertz CT molecular complexity index is 651. The summed E-state index contributed by atoms with van der Waals surface area (Å²) < 4.78 is 0. The van der Waals surface area contributed by atoms with Gasteiger partial charge in [-0.25, -0.2) is 4.98 Å². The van der Waals surface area contributed by atoms with Gasteiger partial charge in [-0.15, -0.1) is 11.3 Å². The van der Waals surface area contributed by atoms with E-state index in [1.165, 1.54) is 4.88 Å². The third-order valence-corrected chi connectivity index (χ3v) is 3.70. The molecule has 0 aliphatic carbocycles. The smallest absolute Gasteiger partial charge is 0.138 e. The van der Waals surface area contributed by atoms with E-state index in [0.29, 0.717) is 0 Å². The number of nitrogen functional groups attached to an aromatic ring is 1. The van der Waals surface area contributed by atoms with Crippen LogP contribution >= 0.6 is 11.3 Å². The van der Waals surface area contributed by atoms with Crippen LogP contribution in [0.15, 0.2) is 41.8 Å². The molecule has 0 bridgehead atoms. The predicted octanol–water partition coefficient (Wildman–Crippen LogP) is 3.70. The van der Waals surface area contributed by atoms with Gasteiger partial charge in [-0.1, -0.05) is 6.07 Å². The highest BCUT2D eigenvalue weighted by Gasteiger charge is 2.10. The molecular formula is C14H13N3S. The number of rotatable bonds is 2. The lowest BCUT2D eigenvalue weighted by molar-refractivity contribution is 1.26. The Morgan fingerprint density at radius 2 is 1.94 bits per heavy atom. The molecule has 3 nitrogen and oxygen atoms in total. The first-order valence-electron chi connectivity index (χ1n) is 5.70. The largest absolute Gasteiger partial charge is 0.399 e. The van der Waals surface area contributed by atoms with E-state index in [1.54, 1.807) is 11.3 Å². The third-order valence-electron chi connectivity index (χ3n) is 2.82. The Kier molecular flexibility index (Phi) is 2.64. The molecule has 3 rings (SSSR count). The van der Waals surface area contributed by atoms with Gasteiger partial charge in [0, 0.05) is 16.9 Å². The Morgan fingerprint density at radius 1 is 1.17 bits per heavy atom. The first-order valence-corrected chi connectivity index (χ1v) is 6.58. The molecule has 3 N–H and O–H groups in total. The fraction of sp³-hybridized carbons (Fsp3) is 0.0714. The number of aromatic amines is 1. The summed E-state index contributed by atoms with van der Waals surface area (Å²) >= 11 is 1.70. The number of hydrogen-bond acceptors (Lipinski definition) is 3. The minimum Gasteiger partial charge on any atom is -0.399 e. The van der Waals surface area contributed by atoms with Gasteiger partial charge in [0.15, 0.2) is 0 Å². The second-order valence-corrected chi connectivity index (χ2v) is 5.11. The number of H-pyrrole nitrogens is 1. The molecule has 0 aliphatic rings. The van der Waals surface area contributed by atoms with Gasteiger partial charge in [0.25, 0.3) is 0 Å². The Morgan fingerprint density at radius 3 is 2.61 bits per heavy atom. The minimum atomic E-state index is 0.764. The highest BCUT2D eigenvalue weighted by Crippen LogP contribution is 2.28. The lowest BCUT2D eigenvalue weighted by Crippen LogP contribution is -1.85. The first-order chi connectivity index (χ1) is 8.74. The average Bonchev–Trinajstić information content (AvgIpc) is 2.99.